The van der Waals surface area contributed by atoms with Crippen molar-refractivity contribution in [2.45, 2.75) is 45.1 Å². The van der Waals surface area contributed by atoms with Crippen LogP contribution in [0, 0.1) is 11.8 Å². The normalized spacial score (nSPS) is 22.2. The van der Waals surface area contributed by atoms with Crippen LogP contribution in [0.3, 0.4) is 0 Å². The van der Waals surface area contributed by atoms with Gasteiger partial charge in [0.2, 0.25) is 0 Å². The van der Waals surface area contributed by atoms with Crippen LogP contribution in [-0.4, -0.2) is 30.2 Å². The van der Waals surface area contributed by atoms with Crippen LogP contribution in [0.15, 0.2) is 24.3 Å². The van der Waals surface area contributed by atoms with Gasteiger partial charge in [-0.05, 0) is 49.8 Å². The van der Waals surface area contributed by atoms with Gasteiger partial charge in [0.15, 0.2) is 0 Å². The first-order valence-electron chi connectivity index (χ1n) is 8.15. The summed E-state index contributed by atoms with van der Waals surface area (Å²) in [6.45, 7) is 1.86. The Balaban J connectivity index is 1.84. The Morgan fingerprint density at radius 2 is 1.83 bits per heavy atom. The van der Waals surface area contributed by atoms with Crippen molar-refractivity contribution in [3.05, 3.63) is 29.8 Å². The summed E-state index contributed by atoms with van der Waals surface area (Å²) in [6, 6.07) is 8.41. The molecule has 2 N–H and O–H groups in total. The average molecular weight is 319 g/mol. The lowest BCUT2D eigenvalue weighted by Crippen LogP contribution is -2.29. The van der Waals surface area contributed by atoms with Gasteiger partial charge in [-0.15, -0.1) is 0 Å². The maximum absolute atomic E-state index is 11.4. The number of carbonyl (C=O) groups is 2. The van der Waals surface area contributed by atoms with E-state index in [1.807, 2.05) is 31.2 Å². The highest BCUT2D eigenvalue weighted by atomic mass is 16.5. The van der Waals surface area contributed by atoms with E-state index >= 15 is 0 Å². The highest BCUT2D eigenvalue weighted by Crippen LogP contribution is 2.27. The number of hydrogen-bond donors (Lipinski definition) is 2. The van der Waals surface area contributed by atoms with E-state index in [-0.39, 0.29) is 17.8 Å². The number of esters is 1. The van der Waals surface area contributed by atoms with Crippen molar-refractivity contribution in [3.8, 4) is 0 Å². The maximum atomic E-state index is 11.4. The molecule has 0 radical (unpaired) electrons. The number of methoxy groups -OCH3 is 1. The predicted molar refractivity (Wildman–Crippen MR) is 88.3 cm³/mol. The van der Waals surface area contributed by atoms with Crippen molar-refractivity contribution in [3.63, 3.8) is 0 Å². The lowest BCUT2D eigenvalue weighted by Gasteiger charge is -2.27. The molecule has 1 unspecified atom stereocenters. The van der Waals surface area contributed by atoms with Crippen LogP contribution >= 0.6 is 0 Å². The first kappa shape index (κ1) is 17.3. The summed E-state index contributed by atoms with van der Waals surface area (Å²) < 4.78 is 4.74. The highest BCUT2D eigenvalue weighted by Gasteiger charge is 2.25. The molecule has 0 aliphatic heterocycles. The van der Waals surface area contributed by atoms with Gasteiger partial charge in [0.1, 0.15) is 0 Å². The third-order valence-corrected chi connectivity index (χ3v) is 4.55. The first-order valence-corrected chi connectivity index (χ1v) is 8.15. The van der Waals surface area contributed by atoms with Crippen molar-refractivity contribution >= 4 is 17.6 Å². The van der Waals surface area contributed by atoms with E-state index in [0.717, 1.165) is 36.9 Å². The molecule has 1 atom stereocenters. The van der Waals surface area contributed by atoms with E-state index in [4.69, 9.17) is 9.84 Å². The van der Waals surface area contributed by atoms with E-state index in [1.165, 1.54) is 7.11 Å². The molecule has 0 spiro atoms. The summed E-state index contributed by atoms with van der Waals surface area (Å²) in [5.41, 5.74) is 2.14. The summed E-state index contributed by atoms with van der Waals surface area (Å²) in [7, 11) is 1.41. The molecule has 5 nitrogen and oxygen atoms in total. The molecule has 1 saturated carbocycles. The maximum Gasteiger partial charge on any atom is 0.308 e. The Hall–Kier alpha value is -2.04. The Morgan fingerprint density at radius 3 is 2.35 bits per heavy atom. The van der Waals surface area contributed by atoms with Crippen LogP contribution in [0.5, 0.6) is 0 Å². The predicted octanol–water partition coefficient (Wildman–Crippen LogP) is 3.09. The summed E-state index contributed by atoms with van der Waals surface area (Å²) >= 11 is 0. The molecule has 0 bridgehead atoms. The van der Waals surface area contributed by atoms with Crippen LogP contribution in [0.4, 0.5) is 5.69 Å². The number of ether oxygens (including phenoxy) is 1. The average Bonchev–Trinajstić information content (AvgIpc) is 2.56. The second-order valence-corrected chi connectivity index (χ2v) is 6.36. The van der Waals surface area contributed by atoms with E-state index in [9.17, 15) is 9.59 Å². The number of hydrogen-bond acceptors (Lipinski definition) is 4. The number of anilines is 1. The Bertz CT molecular complexity index is 532. The van der Waals surface area contributed by atoms with Gasteiger partial charge in [-0.25, -0.2) is 0 Å². The summed E-state index contributed by atoms with van der Waals surface area (Å²) in [5, 5.41) is 12.5. The largest absolute Gasteiger partial charge is 0.481 e. The quantitative estimate of drug-likeness (QED) is 0.788. The lowest BCUT2D eigenvalue weighted by atomic mass is 9.86. The molecule has 1 aliphatic carbocycles. The summed E-state index contributed by atoms with van der Waals surface area (Å²) in [6.07, 6.45) is 3.91. The Labute approximate surface area is 137 Å². The second kappa shape index (κ2) is 7.99. The molecule has 0 heterocycles. The molecule has 0 amide bonds. The van der Waals surface area contributed by atoms with Gasteiger partial charge in [-0.2, -0.15) is 0 Å². The monoisotopic (exact) mass is 319 g/mol. The number of carbonyl (C=O) groups excluding carboxylic acids is 1. The molecule has 126 valence electrons. The van der Waals surface area contributed by atoms with Gasteiger partial charge in [0.05, 0.1) is 18.9 Å². The fourth-order valence-electron chi connectivity index (χ4n) is 3.10. The number of carboxylic acid groups (broad SMARTS) is 1. The molecular formula is C18H25NO4. The van der Waals surface area contributed by atoms with Crippen molar-refractivity contribution in [1.29, 1.82) is 0 Å². The Kier molecular flexibility index (Phi) is 6.02. The van der Waals surface area contributed by atoms with Crippen molar-refractivity contribution in [2.24, 2.45) is 11.8 Å². The lowest BCUT2D eigenvalue weighted by molar-refractivity contribution is -0.145. The summed E-state index contributed by atoms with van der Waals surface area (Å²) in [4.78, 5) is 22.4. The molecule has 1 aliphatic rings. The standard InChI is InChI=1S/C18H25NO4/c1-12(18(22)23-2)11-13-3-7-15(8-4-13)19-16-9-5-14(6-10-16)17(20)21/h3-4,7-8,12,14,16,19H,5-6,9-11H2,1-2H3,(H,20,21). The molecule has 0 aromatic heterocycles. The highest BCUT2D eigenvalue weighted by molar-refractivity contribution is 5.72. The van der Waals surface area contributed by atoms with E-state index < -0.39 is 5.97 Å². The van der Waals surface area contributed by atoms with Crippen LogP contribution in [0.1, 0.15) is 38.2 Å². The van der Waals surface area contributed by atoms with Gasteiger partial charge >= 0.3 is 11.9 Å². The molecule has 1 aromatic carbocycles. The minimum atomic E-state index is -0.674. The molecule has 5 heteroatoms. The SMILES string of the molecule is COC(=O)C(C)Cc1ccc(NC2CCC(C(=O)O)CC2)cc1. The number of nitrogens with one attached hydrogen (secondary N) is 1. The number of rotatable bonds is 6. The van der Waals surface area contributed by atoms with E-state index in [1.54, 1.807) is 0 Å². The third-order valence-electron chi connectivity index (χ3n) is 4.55. The van der Waals surface area contributed by atoms with Gasteiger partial charge in [0.25, 0.3) is 0 Å². The van der Waals surface area contributed by atoms with Crippen molar-refractivity contribution < 1.29 is 19.4 Å². The van der Waals surface area contributed by atoms with Gasteiger partial charge in [-0.3, -0.25) is 9.59 Å². The van der Waals surface area contributed by atoms with Gasteiger partial charge in [-0.1, -0.05) is 19.1 Å². The summed E-state index contributed by atoms with van der Waals surface area (Å²) in [5.74, 6) is -1.20. The van der Waals surface area contributed by atoms with Crippen molar-refractivity contribution in [1.82, 2.24) is 0 Å². The zero-order valence-corrected chi connectivity index (χ0v) is 13.7. The number of benzene rings is 1. The Morgan fingerprint density at radius 1 is 1.22 bits per heavy atom. The topological polar surface area (TPSA) is 75.6 Å². The molecule has 0 saturated heterocycles. The second-order valence-electron chi connectivity index (χ2n) is 6.36. The number of carboxylic acids is 1. The minimum absolute atomic E-state index is 0.148. The zero-order valence-electron chi connectivity index (χ0n) is 13.7. The van der Waals surface area contributed by atoms with Crippen molar-refractivity contribution in [2.75, 3.05) is 12.4 Å². The van der Waals surface area contributed by atoms with Gasteiger partial charge in [0, 0.05) is 11.7 Å². The third kappa shape index (κ3) is 4.98. The zero-order chi connectivity index (χ0) is 16.8. The van der Waals surface area contributed by atoms with Crippen LogP contribution in [0.25, 0.3) is 0 Å². The molecular weight excluding hydrogens is 294 g/mol. The van der Waals surface area contributed by atoms with E-state index in [2.05, 4.69) is 5.32 Å². The van der Waals surface area contributed by atoms with Crippen LogP contribution in [0.2, 0.25) is 0 Å². The van der Waals surface area contributed by atoms with Crippen LogP contribution < -0.4 is 5.32 Å². The smallest absolute Gasteiger partial charge is 0.308 e. The minimum Gasteiger partial charge on any atom is -0.481 e. The first-order chi connectivity index (χ1) is 11.0. The number of aliphatic carboxylic acids is 1. The fraction of sp³-hybridized carbons (Fsp3) is 0.556. The molecule has 1 aromatic rings. The van der Waals surface area contributed by atoms with Crippen LogP contribution in [-0.2, 0) is 20.7 Å². The molecule has 1 fully saturated rings. The fourth-order valence-corrected chi connectivity index (χ4v) is 3.10. The van der Waals surface area contributed by atoms with Gasteiger partial charge < -0.3 is 15.2 Å². The molecule has 23 heavy (non-hydrogen) atoms. The van der Waals surface area contributed by atoms with E-state index in [0.29, 0.717) is 12.5 Å². The molecule has 2 rings (SSSR count).